The number of hydrogen-bond acceptors (Lipinski definition) is 5. The molecule has 0 aliphatic heterocycles. The van der Waals surface area contributed by atoms with Gasteiger partial charge in [0.05, 0.1) is 0 Å². The molecule has 0 spiro atoms. The third-order valence-electron chi connectivity index (χ3n) is 15.2. The molecule has 19 heteroatoms. The van der Waals surface area contributed by atoms with Crippen LogP contribution in [0.5, 0.6) is 0 Å². The molecule has 480 valence electrons. The van der Waals surface area contributed by atoms with Crippen molar-refractivity contribution in [2.45, 2.75) is 291 Å². The Bertz CT molecular complexity index is 1880. The van der Waals surface area contributed by atoms with Gasteiger partial charge in [0.25, 0.3) is 0 Å². The van der Waals surface area contributed by atoms with Crippen LogP contribution in [0, 0.1) is 0 Å². The normalized spacial score (nSPS) is 16.7. The third kappa shape index (κ3) is 44.1. The standard InChI is InChI=1S/C16H34OSi2.C16H22OSi2.C10H22OSi2.C8H22OSi2.C6H18OSi2.C4H9ClSi.C3H9ClSi/c2*1-18(2,15-11-7-5-8-12-15)17-19(3,4)16-13-9-6-10-14-16;1-7-12(5,8-2)11-13(6,9-3)10-4;1-7-10(3,4)9-11(5,6)8-2;1-8(2,3)7-9(4,5)6;1-4-6(2,3)5;1-5(2,3)4/h15-16H,5-14H2,1-4H3;5-14H,1-4H3;7,9H,1,3,8,10H2,2,4-6H3;7-8H2,1-6H3;1-6H3;4H,1H2,2-3H3;1-3H3. The van der Waals surface area contributed by atoms with Crippen LogP contribution in [0.25, 0.3) is 0 Å². The van der Waals surface area contributed by atoms with Crippen LogP contribution in [0.1, 0.15) is 91.9 Å². The summed E-state index contributed by atoms with van der Waals surface area (Å²) in [4.78, 5) is 0. The van der Waals surface area contributed by atoms with E-state index in [0.29, 0.717) is 0 Å². The Balaban J connectivity index is -0.000000930. The van der Waals surface area contributed by atoms with Gasteiger partial charge in [0.15, 0.2) is 57.3 Å². The molecule has 4 rings (SSSR count). The SMILES string of the molecule is C=C[Si](C)(C)Cl.C=C[Si](C)(CC)O[Si](C)(C=C)CC.CC[Si](C)(C)O[Si](C)(C)CC.C[Si](C)(C)Cl.C[Si](C)(C)O[Si](C)(C)C.C[Si](C)(O[Si](C)(C)C1CCCCC1)C1CCCCC1.C[Si](C)(O[Si](C)(C)c1ccccc1)c1ccccc1. The van der Waals surface area contributed by atoms with Gasteiger partial charge in [-0.1, -0.05) is 202 Å². The van der Waals surface area contributed by atoms with Gasteiger partial charge in [-0.05, 0) is 177 Å². The lowest BCUT2D eigenvalue weighted by molar-refractivity contribution is 0.407. The van der Waals surface area contributed by atoms with Gasteiger partial charge in [0.2, 0.25) is 33.3 Å². The van der Waals surface area contributed by atoms with Gasteiger partial charge in [0, 0.05) is 0 Å². The van der Waals surface area contributed by atoms with Crippen LogP contribution in [0.15, 0.2) is 97.5 Å². The summed E-state index contributed by atoms with van der Waals surface area (Å²) >= 11 is 11.4. The fourth-order valence-corrected chi connectivity index (χ4v) is 49.3. The van der Waals surface area contributed by atoms with E-state index in [1.165, 1.54) is 86.7 Å². The first-order valence-electron chi connectivity index (χ1n) is 31.8. The monoisotopic (exact) mass is 1380 g/mol. The Morgan fingerprint density at radius 3 is 0.841 bits per heavy atom. The lowest BCUT2D eigenvalue weighted by Crippen LogP contribution is -2.57. The highest BCUT2D eigenvalue weighted by atomic mass is 35.6. The van der Waals surface area contributed by atoms with Crippen LogP contribution >= 0.6 is 22.2 Å². The van der Waals surface area contributed by atoms with Gasteiger partial charge in [-0.2, -0.15) is 22.2 Å². The molecule has 0 aromatic heterocycles. The van der Waals surface area contributed by atoms with Gasteiger partial charge in [0.1, 0.15) is 7.38 Å². The van der Waals surface area contributed by atoms with Crippen molar-refractivity contribution in [3.63, 3.8) is 0 Å². The van der Waals surface area contributed by atoms with E-state index in [1.54, 1.807) is 0 Å². The molecular formula is C63H136Cl2O5Si12. The zero-order valence-electron chi connectivity index (χ0n) is 59.5. The Hall–Kier alpha value is 0.643. The summed E-state index contributed by atoms with van der Waals surface area (Å²) in [7, 11) is -17.4. The number of halogens is 2. The highest BCUT2D eigenvalue weighted by Gasteiger charge is 2.44. The molecule has 0 radical (unpaired) electrons. The maximum atomic E-state index is 6.98. The maximum Gasteiger partial charge on any atom is 0.206 e. The van der Waals surface area contributed by atoms with Crippen LogP contribution in [0.3, 0.4) is 0 Å². The summed E-state index contributed by atoms with van der Waals surface area (Å²) in [5, 5.41) is 2.73. The summed E-state index contributed by atoms with van der Waals surface area (Å²) in [6.45, 7) is 76.9. The van der Waals surface area contributed by atoms with Crippen LogP contribution in [0.4, 0.5) is 0 Å². The van der Waals surface area contributed by atoms with Crippen molar-refractivity contribution in [3.8, 4) is 0 Å². The van der Waals surface area contributed by atoms with E-state index < -0.39 is 97.9 Å². The van der Waals surface area contributed by atoms with E-state index in [1.807, 2.05) is 30.2 Å². The third-order valence-corrected chi connectivity index (χ3v) is 54.5. The molecule has 0 bridgehead atoms. The van der Waals surface area contributed by atoms with E-state index in [-0.39, 0.29) is 0 Å². The number of hydrogen-bond donors (Lipinski definition) is 0. The number of rotatable bonds is 21. The first-order chi connectivity index (χ1) is 36.9. The van der Waals surface area contributed by atoms with Crippen LogP contribution in [-0.4, -0.2) is 97.9 Å². The lowest BCUT2D eigenvalue weighted by Gasteiger charge is -2.44. The molecule has 0 saturated heterocycles. The largest absolute Gasteiger partial charge is 0.456 e. The van der Waals surface area contributed by atoms with E-state index in [0.717, 1.165) is 23.2 Å². The molecule has 2 atom stereocenters. The fraction of sp³-hybridized carbons (Fsp3) is 0.714. The van der Waals surface area contributed by atoms with Crippen LogP contribution in [-0.2, 0) is 20.6 Å². The minimum atomic E-state index is -1.84. The molecule has 2 fully saturated rings. The molecule has 2 aromatic rings. The summed E-state index contributed by atoms with van der Waals surface area (Å²) in [5.74, 6) is 0. The summed E-state index contributed by atoms with van der Waals surface area (Å²) < 4.78 is 32.0. The average Bonchev–Trinajstić information content (AvgIpc) is 3.35. The highest BCUT2D eigenvalue weighted by Crippen LogP contribution is 2.44. The summed E-state index contributed by atoms with van der Waals surface area (Å²) in [6.07, 6.45) is 14.6. The van der Waals surface area contributed by atoms with E-state index in [4.69, 9.17) is 42.7 Å². The minimum Gasteiger partial charge on any atom is -0.456 e. The van der Waals surface area contributed by atoms with Crippen LogP contribution in [0.2, 0.25) is 199 Å². The topological polar surface area (TPSA) is 46.2 Å². The maximum absolute atomic E-state index is 6.98. The zero-order valence-corrected chi connectivity index (χ0v) is 73.0. The van der Waals surface area contributed by atoms with Crippen molar-refractivity contribution >= 4 is 130 Å². The first-order valence-corrected chi connectivity index (χ1v) is 70.6. The fourth-order valence-electron chi connectivity index (χ4n) is 9.73. The summed E-state index contributed by atoms with van der Waals surface area (Å²) in [5.41, 5.74) is 7.80. The van der Waals surface area contributed by atoms with Gasteiger partial charge >= 0.3 is 0 Å². The van der Waals surface area contributed by atoms with Crippen molar-refractivity contribution in [2.75, 3.05) is 0 Å². The van der Waals surface area contributed by atoms with Crippen molar-refractivity contribution in [1.29, 1.82) is 0 Å². The zero-order chi connectivity index (χ0) is 64.9. The Labute approximate surface area is 534 Å². The molecule has 0 heterocycles. The molecule has 82 heavy (non-hydrogen) atoms. The molecule has 2 saturated carbocycles. The molecule has 0 amide bonds. The second-order valence-electron chi connectivity index (χ2n) is 30.2. The van der Waals surface area contributed by atoms with Crippen LogP contribution < -0.4 is 10.4 Å². The van der Waals surface area contributed by atoms with Gasteiger partial charge < -0.3 is 20.6 Å². The Morgan fingerprint density at radius 2 is 0.646 bits per heavy atom. The molecular weight excluding hydrogens is 1240 g/mol. The Kier molecular flexibility index (Phi) is 41.3. The van der Waals surface area contributed by atoms with Crippen molar-refractivity contribution in [1.82, 2.24) is 0 Å². The van der Waals surface area contributed by atoms with Gasteiger partial charge in [-0.3, -0.25) is 0 Å². The molecule has 2 aliphatic carbocycles. The Morgan fingerprint density at radius 1 is 0.378 bits per heavy atom. The lowest BCUT2D eigenvalue weighted by atomic mass is 10.0. The quantitative estimate of drug-likeness (QED) is 0.0921. The van der Waals surface area contributed by atoms with Crippen molar-refractivity contribution < 1.29 is 20.6 Å². The summed E-state index contributed by atoms with van der Waals surface area (Å²) in [6, 6.07) is 26.0. The van der Waals surface area contributed by atoms with Crippen molar-refractivity contribution in [3.05, 3.63) is 97.5 Å². The first kappa shape index (κ1) is 86.8. The van der Waals surface area contributed by atoms with Gasteiger partial charge in [-0.25, -0.2) is 0 Å². The van der Waals surface area contributed by atoms with Gasteiger partial charge in [-0.15, -0.1) is 19.7 Å². The second-order valence-corrected chi connectivity index (χ2v) is 87.9. The molecule has 0 N–H and O–H groups in total. The molecule has 2 unspecified atom stereocenters. The molecule has 2 aromatic carbocycles. The highest BCUT2D eigenvalue weighted by molar-refractivity contribution is 7.21. The predicted molar refractivity (Wildman–Crippen MR) is 411 cm³/mol. The minimum absolute atomic E-state index is 0.941. The smallest absolute Gasteiger partial charge is 0.206 e. The molecule has 5 nitrogen and oxygen atoms in total. The van der Waals surface area contributed by atoms with E-state index >= 15 is 0 Å². The second kappa shape index (κ2) is 39.0. The molecule has 2 aliphatic rings. The number of benzene rings is 2. The van der Waals surface area contributed by atoms with Crippen molar-refractivity contribution in [2.24, 2.45) is 0 Å². The average molecular weight is 1380 g/mol. The van der Waals surface area contributed by atoms with E-state index in [9.17, 15) is 0 Å². The van der Waals surface area contributed by atoms with E-state index in [2.05, 4.69) is 259 Å². The predicted octanol–water partition coefficient (Wildman–Crippen LogP) is 23.3.